The van der Waals surface area contributed by atoms with Crippen LogP contribution in [0.2, 0.25) is 0 Å². The van der Waals surface area contributed by atoms with Crippen LogP contribution < -0.4 is 0 Å². The first-order valence-corrected chi connectivity index (χ1v) is 7.18. The average Bonchev–Trinajstić information content (AvgIpc) is 2.58. The summed E-state index contributed by atoms with van der Waals surface area (Å²) < 4.78 is 0. The number of aliphatic hydroxyl groups is 1. The smallest absolute Gasteiger partial charge is 0.0580 e. The largest absolute Gasteiger partial charge is 0.393 e. The van der Waals surface area contributed by atoms with Gasteiger partial charge in [0, 0.05) is 6.54 Å². The minimum absolute atomic E-state index is 0.0568. The molecular weight excluding hydrogens is 198 g/mol. The molecule has 0 saturated heterocycles. The molecule has 1 rings (SSSR count). The standard InChI is InChI=1S/C14H29NO/c1-3-15(4-2)12-11-14(16)13-9-7-5-6-8-10-13/h13-14,16H,3-12H2,1-2H3. The number of hydrogen-bond donors (Lipinski definition) is 1. The summed E-state index contributed by atoms with van der Waals surface area (Å²) >= 11 is 0. The quantitative estimate of drug-likeness (QED) is 0.705. The molecule has 0 aliphatic heterocycles. The summed E-state index contributed by atoms with van der Waals surface area (Å²) in [6.07, 6.45) is 8.81. The van der Waals surface area contributed by atoms with E-state index in [4.69, 9.17) is 0 Å². The van der Waals surface area contributed by atoms with Gasteiger partial charge in [-0.1, -0.05) is 39.5 Å². The van der Waals surface area contributed by atoms with Crippen LogP contribution in [0.3, 0.4) is 0 Å². The summed E-state index contributed by atoms with van der Waals surface area (Å²) in [7, 11) is 0. The normalized spacial score (nSPS) is 21.0. The molecule has 1 aliphatic rings. The molecule has 2 nitrogen and oxygen atoms in total. The summed E-state index contributed by atoms with van der Waals surface area (Å²) in [6, 6.07) is 0. The number of hydrogen-bond acceptors (Lipinski definition) is 2. The van der Waals surface area contributed by atoms with Crippen LogP contribution in [-0.4, -0.2) is 35.7 Å². The van der Waals surface area contributed by atoms with Crippen LogP contribution in [-0.2, 0) is 0 Å². The van der Waals surface area contributed by atoms with Crippen LogP contribution in [0, 0.1) is 5.92 Å². The fraction of sp³-hybridized carbons (Fsp3) is 1.00. The Hall–Kier alpha value is -0.0800. The molecule has 1 fully saturated rings. The topological polar surface area (TPSA) is 23.5 Å². The van der Waals surface area contributed by atoms with E-state index in [1.54, 1.807) is 0 Å². The Morgan fingerprint density at radius 3 is 2.12 bits per heavy atom. The summed E-state index contributed by atoms with van der Waals surface area (Å²) in [5.41, 5.74) is 0. The molecule has 0 aromatic carbocycles. The monoisotopic (exact) mass is 227 g/mol. The summed E-state index contributed by atoms with van der Waals surface area (Å²) in [4.78, 5) is 2.40. The highest BCUT2D eigenvalue weighted by atomic mass is 16.3. The molecule has 0 aromatic heterocycles. The van der Waals surface area contributed by atoms with Crippen molar-refractivity contribution in [3.63, 3.8) is 0 Å². The van der Waals surface area contributed by atoms with Crippen molar-refractivity contribution >= 4 is 0 Å². The Morgan fingerprint density at radius 1 is 1.06 bits per heavy atom. The molecule has 96 valence electrons. The first-order chi connectivity index (χ1) is 7.77. The third-order valence-electron chi connectivity index (χ3n) is 4.08. The fourth-order valence-corrected chi connectivity index (χ4v) is 2.79. The van der Waals surface area contributed by atoms with Gasteiger partial charge in [0.15, 0.2) is 0 Å². The van der Waals surface area contributed by atoms with Crippen molar-refractivity contribution in [1.82, 2.24) is 4.90 Å². The van der Waals surface area contributed by atoms with Gasteiger partial charge in [-0.2, -0.15) is 0 Å². The first kappa shape index (κ1) is 14.0. The van der Waals surface area contributed by atoms with E-state index in [1.807, 2.05) is 0 Å². The van der Waals surface area contributed by atoms with E-state index < -0.39 is 0 Å². The zero-order valence-corrected chi connectivity index (χ0v) is 11.1. The van der Waals surface area contributed by atoms with Gasteiger partial charge in [0.2, 0.25) is 0 Å². The zero-order chi connectivity index (χ0) is 11.8. The molecule has 1 saturated carbocycles. The lowest BCUT2D eigenvalue weighted by molar-refractivity contribution is 0.0785. The van der Waals surface area contributed by atoms with E-state index in [9.17, 15) is 5.11 Å². The predicted molar refractivity (Wildman–Crippen MR) is 69.6 cm³/mol. The van der Waals surface area contributed by atoms with Crippen LogP contribution >= 0.6 is 0 Å². The lowest BCUT2D eigenvalue weighted by Crippen LogP contribution is -2.30. The van der Waals surface area contributed by atoms with Crippen molar-refractivity contribution in [2.75, 3.05) is 19.6 Å². The van der Waals surface area contributed by atoms with Crippen molar-refractivity contribution in [2.24, 2.45) is 5.92 Å². The van der Waals surface area contributed by atoms with Crippen molar-refractivity contribution in [2.45, 2.75) is 64.9 Å². The second-order valence-corrected chi connectivity index (χ2v) is 5.13. The van der Waals surface area contributed by atoms with Crippen molar-refractivity contribution < 1.29 is 5.11 Å². The van der Waals surface area contributed by atoms with Gasteiger partial charge in [-0.15, -0.1) is 0 Å². The zero-order valence-electron chi connectivity index (χ0n) is 11.1. The molecule has 0 aromatic rings. The van der Waals surface area contributed by atoms with Crippen molar-refractivity contribution in [1.29, 1.82) is 0 Å². The SMILES string of the molecule is CCN(CC)CCC(O)C1CCCCCC1. The number of nitrogens with zero attached hydrogens (tertiary/aromatic N) is 1. The Balaban J connectivity index is 2.24. The maximum atomic E-state index is 10.2. The van der Waals surface area contributed by atoms with E-state index in [1.165, 1.54) is 38.5 Å². The van der Waals surface area contributed by atoms with E-state index in [0.717, 1.165) is 26.1 Å². The molecule has 1 aliphatic carbocycles. The van der Waals surface area contributed by atoms with E-state index in [-0.39, 0.29) is 6.10 Å². The maximum absolute atomic E-state index is 10.2. The highest BCUT2D eigenvalue weighted by Gasteiger charge is 2.20. The molecule has 2 heteroatoms. The van der Waals surface area contributed by atoms with Crippen LogP contribution in [0.25, 0.3) is 0 Å². The second-order valence-electron chi connectivity index (χ2n) is 5.13. The van der Waals surface area contributed by atoms with Gasteiger partial charge < -0.3 is 10.0 Å². The third-order valence-corrected chi connectivity index (χ3v) is 4.08. The van der Waals surface area contributed by atoms with Crippen molar-refractivity contribution in [3.8, 4) is 0 Å². The molecule has 0 bridgehead atoms. The second kappa shape index (κ2) is 8.08. The minimum atomic E-state index is -0.0568. The number of aliphatic hydroxyl groups excluding tert-OH is 1. The minimum Gasteiger partial charge on any atom is -0.393 e. The van der Waals surface area contributed by atoms with Gasteiger partial charge >= 0.3 is 0 Å². The molecule has 0 radical (unpaired) electrons. The van der Waals surface area contributed by atoms with Gasteiger partial charge in [-0.3, -0.25) is 0 Å². The number of rotatable bonds is 6. The Bertz CT molecular complexity index is 160. The molecular formula is C14H29NO. The van der Waals surface area contributed by atoms with Crippen LogP contribution in [0.15, 0.2) is 0 Å². The fourth-order valence-electron chi connectivity index (χ4n) is 2.79. The highest BCUT2D eigenvalue weighted by Crippen LogP contribution is 2.26. The highest BCUT2D eigenvalue weighted by molar-refractivity contribution is 4.73. The van der Waals surface area contributed by atoms with E-state index in [2.05, 4.69) is 18.7 Å². The molecule has 1 N–H and O–H groups in total. The molecule has 0 heterocycles. The molecule has 0 spiro atoms. The Labute approximate surface area is 101 Å². The third kappa shape index (κ3) is 4.84. The van der Waals surface area contributed by atoms with Gasteiger partial charge in [-0.05, 0) is 38.3 Å². The van der Waals surface area contributed by atoms with E-state index in [0.29, 0.717) is 5.92 Å². The summed E-state index contributed by atoms with van der Waals surface area (Å²) in [5.74, 6) is 0.582. The Kier molecular flexibility index (Phi) is 7.06. The molecule has 0 amide bonds. The molecule has 1 atom stereocenters. The van der Waals surface area contributed by atoms with Gasteiger partial charge in [0.1, 0.15) is 0 Å². The lowest BCUT2D eigenvalue weighted by Gasteiger charge is -2.24. The van der Waals surface area contributed by atoms with Gasteiger partial charge in [0.05, 0.1) is 6.10 Å². The summed E-state index contributed by atoms with van der Waals surface area (Å²) in [6.45, 7) is 7.66. The molecule has 16 heavy (non-hydrogen) atoms. The van der Waals surface area contributed by atoms with E-state index >= 15 is 0 Å². The Morgan fingerprint density at radius 2 is 1.62 bits per heavy atom. The van der Waals surface area contributed by atoms with Crippen LogP contribution in [0.5, 0.6) is 0 Å². The lowest BCUT2D eigenvalue weighted by atomic mass is 9.92. The van der Waals surface area contributed by atoms with Gasteiger partial charge in [0.25, 0.3) is 0 Å². The average molecular weight is 227 g/mol. The summed E-state index contributed by atoms with van der Waals surface area (Å²) in [5, 5.41) is 10.2. The maximum Gasteiger partial charge on any atom is 0.0580 e. The predicted octanol–water partition coefficient (Wildman–Crippen LogP) is 3.05. The molecule has 1 unspecified atom stereocenters. The van der Waals surface area contributed by atoms with Crippen LogP contribution in [0.1, 0.15) is 58.8 Å². The van der Waals surface area contributed by atoms with Gasteiger partial charge in [-0.25, -0.2) is 0 Å². The van der Waals surface area contributed by atoms with Crippen LogP contribution in [0.4, 0.5) is 0 Å². The van der Waals surface area contributed by atoms with Crippen molar-refractivity contribution in [3.05, 3.63) is 0 Å². The first-order valence-electron chi connectivity index (χ1n) is 7.18.